The topological polar surface area (TPSA) is 49.8 Å². The predicted octanol–water partition coefficient (Wildman–Crippen LogP) is 1.89. The van der Waals surface area contributed by atoms with Crippen molar-refractivity contribution in [1.29, 1.82) is 5.26 Å². The highest BCUT2D eigenvalue weighted by atomic mass is 14.6. The molecule has 0 heterocycles. The van der Waals surface area contributed by atoms with Gasteiger partial charge in [0.1, 0.15) is 0 Å². The van der Waals surface area contributed by atoms with Crippen molar-refractivity contribution in [3.8, 4) is 6.07 Å². The highest BCUT2D eigenvalue weighted by molar-refractivity contribution is 5.40. The summed E-state index contributed by atoms with van der Waals surface area (Å²) in [5, 5.41) is 8.73. The van der Waals surface area contributed by atoms with Crippen LogP contribution in [0.2, 0.25) is 0 Å². The van der Waals surface area contributed by atoms with E-state index in [2.05, 4.69) is 6.07 Å². The predicted molar refractivity (Wildman–Crippen MR) is 51.0 cm³/mol. The second-order valence-corrected chi connectivity index (χ2v) is 3.52. The van der Waals surface area contributed by atoms with Crippen molar-refractivity contribution in [3.63, 3.8) is 0 Å². The van der Waals surface area contributed by atoms with E-state index in [0.29, 0.717) is 0 Å². The van der Waals surface area contributed by atoms with Crippen molar-refractivity contribution >= 4 is 0 Å². The fraction of sp³-hybridized carbons (Fsp3) is 0.364. The number of nitrogens with zero attached hydrogens (tertiary/aromatic N) is 1. The maximum Gasteiger partial charge on any atom is 0.0991 e. The third-order valence-electron chi connectivity index (χ3n) is 2.64. The van der Waals surface area contributed by atoms with Gasteiger partial charge in [0, 0.05) is 6.04 Å². The Labute approximate surface area is 78.0 Å². The van der Waals surface area contributed by atoms with Gasteiger partial charge in [0.15, 0.2) is 0 Å². The molecule has 13 heavy (non-hydrogen) atoms. The van der Waals surface area contributed by atoms with Crippen molar-refractivity contribution in [3.05, 3.63) is 34.9 Å². The van der Waals surface area contributed by atoms with Gasteiger partial charge in [0.25, 0.3) is 0 Å². The third-order valence-corrected chi connectivity index (χ3v) is 2.64. The molecule has 0 radical (unpaired) electrons. The van der Waals surface area contributed by atoms with E-state index in [9.17, 15) is 0 Å². The van der Waals surface area contributed by atoms with E-state index >= 15 is 0 Å². The van der Waals surface area contributed by atoms with Gasteiger partial charge in [0.2, 0.25) is 0 Å². The van der Waals surface area contributed by atoms with Gasteiger partial charge in [-0.05, 0) is 42.5 Å². The molecule has 2 nitrogen and oxygen atoms in total. The van der Waals surface area contributed by atoms with Crippen LogP contribution in [0.1, 0.15) is 35.6 Å². The third kappa shape index (κ3) is 1.43. The molecule has 66 valence electrons. The van der Waals surface area contributed by atoms with Crippen LogP contribution in [-0.4, -0.2) is 0 Å². The van der Waals surface area contributed by atoms with E-state index in [1.54, 1.807) is 0 Å². The molecule has 1 aliphatic rings. The second kappa shape index (κ2) is 3.20. The molecule has 1 aliphatic carbocycles. The Morgan fingerprint density at radius 1 is 1.46 bits per heavy atom. The minimum atomic E-state index is 0.136. The number of hydrogen-bond donors (Lipinski definition) is 1. The van der Waals surface area contributed by atoms with E-state index in [4.69, 9.17) is 11.0 Å². The van der Waals surface area contributed by atoms with Gasteiger partial charge in [0.05, 0.1) is 11.6 Å². The molecular formula is C11H12N2. The molecule has 1 atom stereocenters. The largest absolute Gasteiger partial charge is 0.324 e. The zero-order valence-electron chi connectivity index (χ0n) is 7.46. The second-order valence-electron chi connectivity index (χ2n) is 3.52. The van der Waals surface area contributed by atoms with E-state index in [1.807, 2.05) is 18.2 Å². The molecule has 0 aromatic heterocycles. The van der Waals surface area contributed by atoms with Crippen molar-refractivity contribution in [2.75, 3.05) is 0 Å². The molecule has 2 rings (SSSR count). The first-order chi connectivity index (χ1) is 6.31. The monoisotopic (exact) mass is 172 g/mol. The summed E-state index contributed by atoms with van der Waals surface area (Å²) in [6.07, 6.45) is 3.32. The van der Waals surface area contributed by atoms with Crippen LogP contribution >= 0.6 is 0 Å². The number of nitriles is 1. The zero-order chi connectivity index (χ0) is 9.26. The van der Waals surface area contributed by atoms with Crippen LogP contribution in [0.3, 0.4) is 0 Å². The molecule has 0 spiro atoms. The molecular weight excluding hydrogens is 160 g/mol. The summed E-state index contributed by atoms with van der Waals surface area (Å²) in [7, 11) is 0. The molecule has 1 aromatic carbocycles. The molecule has 0 fully saturated rings. The Morgan fingerprint density at radius 3 is 3.08 bits per heavy atom. The fourth-order valence-electron chi connectivity index (χ4n) is 1.91. The lowest BCUT2D eigenvalue weighted by atomic mass is 9.87. The standard InChI is InChI=1S/C11H12N2/c12-7-8-4-5-9-2-1-3-11(13)10(9)6-8/h4-6,11H,1-3,13H2. The minimum Gasteiger partial charge on any atom is -0.324 e. The lowest BCUT2D eigenvalue weighted by Gasteiger charge is -2.21. The van der Waals surface area contributed by atoms with Gasteiger partial charge in [-0.1, -0.05) is 6.07 Å². The van der Waals surface area contributed by atoms with Crippen LogP contribution in [0, 0.1) is 11.3 Å². The van der Waals surface area contributed by atoms with Crippen LogP contribution < -0.4 is 5.73 Å². The molecule has 0 amide bonds. The van der Waals surface area contributed by atoms with Crippen molar-refractivity contribution in [2.45, 2.75) is 25.3 Å². The van der Waals surface area contributed by atoms with Crippen molar-refractivity contribution < 1.29 is 0 Å². The van der Waals surface area contributed by atoms with E-state index in [0.717, 1.165) is 18.4 Å². The number of aryl methyl sites for hydroxylation is 1. The average molecular weight is 172 g/mol. The molecule has 1 unspecified atom stereocenters. The van der Waals surface area contributed by atoms with Crippen LogP contribution in [0.25, 0.3) is 0 Å². The maximum atomic E-state index is 8.73. The Morgan fingerprint density at radius 2 is 2.31 bits per heavy atom. The maximum absolute atomic E-state index is 8.73. The van der Waals surface area contributed by atoms with Gasteiger partial charge in [-0.2, -0.15) is 5.26 Å². The molecule has 0 bridgehead atoms. The van der Waals surface area contributed by atoms with E-state index < -0.39 is 0 Å². The van der Waals surface area contributed by atoms with Gasteiger partial charge in [-0.15, -0.1) is 0 Å². The van der Waals surface area contributed by atoms with Gasteiger partial charge >= 0.3 is 0 Å². The van der Waals surface area contributed by atoms with E-state index in [-0.39, 0.29) is 6.04 Å². The Hall–Kier alpha value is -1.33. The summed E-state index contributed by atoms with van der Waals surface area (Å²) in [5.74, 6) is 0. The molecule has 0 saturated carbocycles. The summed E-state index contributed by atoms with van der Waals surface area (Å²) in [4.78, 5) is 0. The van der Waals surface area contributed by atoms with Gasteiger partial charge < -0.3 is 5.73 Å². The lowest BCUT2D eigenvalue weighted by Crippen LogP contribution is -2.17. The summed E-state index contributed by atoms with van der Waals surface area (Å²) >= 11 is 0. The molecule has 2 N–H and O–H groups in total. The number of nitrogens with two attached hydrogens (primary N) is 1. The van der Waals surface area contributed by atoms with Crippen molar-refractivity contribution in [2.24, 2.45) is 5.73 Å². The Bertz CT molecular complexity index is 363. The van der Waals surface area contributed by atoms with Crippen LogP contribution in [-0.2, 0) is 6.42 Å². The molecule has 2 heteroatoms. The smallest absolute Gasteiger partial charge is 0.0991 e. The lowest BCUT2D eigenvalue weighted by molar-refractivity contribution is 0.570. The van der Waals surface area contributed by atoms with Crippen LogP contribution in [0.4, 0.5) is 0 Å². The summed E-state index contributed by atoms with van der Waals surface area (Å²) < 4.78 is 0. The molecule has 1 aromatic rings. The normalized spacial score (nSPS) is 20.5. The highest BCUT2D eigenvalue weighted by Gasteiger charge is 2.16. The average Bonchev–Trinajstić information content (AvgIpc) is 2.18. The molecule has 0 saturated heterocycles. The summed E-state index contributed by atoms with van der Waals surface area (Å²) in [6.45, 7) is 0. The Kier molecular flexibility index (Phi) is 2.03. The first-order valence-electron chi connectivity index (χ1n) is 4.60. The first-order valence-corrected chi connectivity index (χ1v) is 4.60. The van der Waals surface area contributed by atoms with Crippen LogP contribution in [0.15, 0.2) is 18.2 Å². The zero-order valence-corrected chi connectivity index (χ0v) is 7.46. The summed E-state index contributed by atoms with van der Waals surface area (Å²) in [6, 6.07) is 8.11. The fourth-order valence-corrected chi connectivity index (χ4v) is 1.91. The summed E-state index contributed by atoms with van der Waals surface area (Å²) in [5.41, 5.74) is 9.17. The SMILES string of the molecule is N#Cc1ccc2c(c1)C(N)CCC2. The Balaban J connectivity index is 2.48. The number of benzene rings is 1. The van der Waals surface area contributed by atoms with Crippen molar-refractivity contribution in [1.82, 2.24) is 0 Å². The number of hydrogen-bond acceptors (Lipinski definition) is 2. The van der Waals surface area contributed by atoms with E-state index in [1.165, 1.54) is 17.5 Å². The quantitative estimate of drug-likeness (QED) is 0.649. The number of rotatable bonds is 0. The number of fused-ring (bicyclic) bond motifs is 1. The minimum absolute atomic E-state index is 0.136. The highest BCUT2D eigenvalue weighted by Crippen LogP contribution is 2.28. The van der Waals surface area contributed by atoms with Gasteiger partial charge in [-0.25, -0.2) is 0 Å². The first kappa shape index (κ1) is 8.28. The van der Waals surface area contributed by atoms with Gasteiger partial charge in [-0.3, -0.25) is 0 Å². The molecule has 0 aliphatic heterocycles. The van der Waals surface area contributed by atoms with Crippen LogP contribution in [0.5, 0.6) is 0 Å².